The molecule has 4 nitrogen and oxygen atoms in total. The fraction of sp³-hybridized carbons (Fsp3) is 0.222. The first-order chi connectivity index (χ1) is 15.0. The van der Waals surface area contributed by atoms with Crippen molar-refractivity contribution >= 4 is 5.97 Å². The van der Waals surface area contributed by atoms with Crippen molar-refractivity contribution in [2.75, 3.05) is 6.61 Å². The van der Waals surface area contributed by atoms with E-state index in [-0.39, 0.29) is 6.61 Å². The maximum Gasteiger partial charge on any atom is 0.334 e. The molecular weight excluding hydrogens is 388 g/mol. The van der Waals surface area contributed by atoms with Crippen molar-refractivity contribution < 1.29 is 19.7 Å². The Balaban J connectivity index is 2.03. The summed E-state index contributed by atoms with van der Waals surface area (Å²) in [6.07, 6.45) is 0.707. The number of aliphatic hydroxyl groups excluding tert-OH is 2. The molecule has 0 saturated heterocycles. The van der Waals surface area contributed by atoms with Gasteiger partial charge in [-0.2, -0.15) is 0 Å². The third-order valence-corrected chi connectivity index (χ3v) is 5.93. The van der Waals surface area contributed by atoms with Gasteiger partial charge in [0.05, 0.1) is 6.61 Å². The minimum absolute atomic E-state index is 0.325. The van der Waals surface area contributed by atoms with Crippen LogP contribution in [0.15, 0.2) is 84.9 Å². The van der Waals surface area contributed by atoms with E-state index in [1.165, 1.54) is 0 Å². The van der Waals surface area contributed by atoms with Crippen LogP contribution in [0.1, 0.15) is 46.4 Å². The van der Waals surface area contributed by atoms with Gasteiger partial charge in [-0.25, -0.2) is 4.79 Å². The maximum atomic E-state index is 12.9. The van der Waals surface area contributed by atoms with Crippen LogP contribution in [0.25, 0.3) is 0 Å². The van der Waals surface area contributed by atoms with Crippen molar-refractivity contribution in [3.63, 3.8) is 0 Å². The number of hydrogen-bond acceptors (Lipinski definition) is 4. The van der Waals surface area contributed by atoms with E-state index >= 15 is 0 Å². The highest BCUT2D eigenvalue weighted by Gasteiger charge is 2.44. The molecule has 1 atom stereocenters. The Hall–Kier alpha value is -3.21. The largest absolute Gasteiger partial charge is 0.441 e. The van der Waals surface area contributed by atoms with Gasteiger partial charge in [-0.1, -0.05) is 79.4 Å². The molecule has 0 aromatic heterocycles. The lowest BCUT2D eigenvalue weighted by atomic mass is 9.77. The number of carbonyl (C=O) groups is 1. The normalized spacial score (nSPS) is 15.2. The zero-order chi connectivity index (χ0) is 22.0. The first-order valence-electron chi connectivity index (χ1n) is 10.4. The summed E-state index contributed by atoms with van der Waals surface area (Å²) >= 11 is 0. The molecule has 1 unspecified atom stereocenters. The monoisotopic (exact) mass is 414 g/mol. The van der Waals surface area contributed by atoms with Gasteiger partial charge in [0.15, 0.2) is 5.60 Å². The van der Waals surface area contributed by atoms with E-state index < -0.39 is 17.7 Å². The number of hydrogen-bond donors (Lipinski definition) is 2. The topological polar surface area (TPSA) is 66.8 Å². The molecule has 3 aromatic rings. The lowest BCUT2D eigenvalue weighted by Crippen LogP contribution is -2.36. The highest BCUT2D eigenvalue weighted by Crippen LogP contribution is 2.46. The van der Waals surface area contributed by atoms with Gasteiger partial charge in [0.1, 0.15) is 6.10 Å². The van der Waals surface area contributed by atoms with Gasteiger partial charge in [-0.15, -0.1) is 0 Å². The van der Waals surface area contributed by atoms with Crippen molar-refractivity contribution in [1.29, 1.82) is 0 Å². The summed E-state index contributed by atoms with van der Waals surface area (Å²) in [5.74, 6) is -0.467. The van der Waals surface area contributed by atoms with Crippen LogP contribution in [-0.4, -0.2) is 22.8 Å². The van der Waals surface area contributed by atoms with Crippen LogP contribution in [0.3, 0.4) is 0 Å². The smallest absolute Gasteiger partial charge is 0.334 e. The number of aryl methyl sites for hydroxylation is 2. The van der Waals surface area contributed by atoms with Crippen molar-refractivity contribution in [1.82, 2.24) is 0 Å². The van der Waals surface area contributed by atoms with E-state index in [4.69, 9.17) is 4.74 Å². The Labute approximate surface area is 182 Å². The van der Waals surface area contributed by atoms with Crippen LogP contribution in [-0.2, 0) is 28.0 Å². The number of aliphatic hydroxyl groups is 2. The molecule has 31 heavy (non-hydrogen) atoms. The van der Waals surface area contributed by atoms with Gasteiger partial charge in [-0.3, -0.25) is 0 Å². The quantitative estimate of drug-likeness (QED) is 0.485. The minimum Gasteiger partial charge on any atom is -0.441 e. The van der Waals surface area contributed by atoms with Gasteiger partial charge in [-0.05, 0) is 36.5 Å². The van der Waals surface area contributed by atoms with E-state index in [0.717, 1.165) is 40.7 Å². The summed E-state index contributed by atoms with van der Waals surface area (Å²) in [4.78, 5) is 12.9. The molecular formula is C27H26O4. The van der Waals surface area contributed by atoms with Crippen LogP contribution in [0, 0.1) is 0 Å². The second-order valence-electron chi connectivity index (χ2n) is 7.99. The Morgan fingerprint density at radius 2 is 1.48 bits per heavy atom. The van der Waals surface area contributed by atoms with E-state index in [0.29, 0.717) is 11.1 Å². The summed E-state index contributed by atoms with van der Waals surface area (Å²) < 4.78 is 6.34. The van der Waals surface area contributed by atoms with Crippen LogP contribution in [0.4, 0.5) is 0 Å². The van der Waals surface area contributed by atoms with Crippen LogP contribution >= 0.6 is 0 Å². The lowest BCUT2D eigenvalue weighted by Gasteiger charge is -2.36. The Kier molecular flexibility index (Phi) is 5.77. The highest BCUT2D eigenvalue weighted by molar-refractivity contribution is 5.88. The molecule has 1 aliphatic rings. The predicted octanol–water partition coefficient (Wildman–Crippen LogP) is 4.22. The number of rotatable bonds is 5. The van der Waals surface area contributed by atoms with E-state index in [2.05, 4.69) is 18.7 Å². The van der Waals surface area contributed by atoms with E-state index in [1.807, 2.05) is 48.5 Å². The molecule has 0 spiro atoms. The SMILES string of the molecule is C=C(C)C(=O)OC1(c2ccc(C(O)CO)cc2)c2ccccc2CCc2ccccc21. The molecule has 0 fully saturated rings. The van der Waals surface area contributed by atoms with Crippen molar-refractivity contribution in [2.45, 2.75) is 31.5 Å². The Bertz CT molecular complexity index is 1070. The summed E-state index contributed by atoms with van der Waals surface area (Å²) in [6.45, 7) is 5.08. The minimum atomic E-state index is -1.15. The first-order valence-corrected chi connectivity index (χ1v) is 10.4. The zero-order valence-corrected chi connectivity index (χ0v) is 17.5. The molecule has 158 valence electrons. The molecule has 0 amide bonds. The average Bonchev–Trinajstić information content (AvgIpc) is 2.94. The number of esters is 1. The fourth-order valence-corrected chi connectivity index (χ4v) is 4.33. The van der Waals surface area contributed by atoms with Gasteiger partial charge < -0.3 is 14.9 Å². The van der Waals surface area contributed by atoms with Crippen LogP contribution in [0.5, 0.6) is 0 Å². The number of benzene rings is 3. The van der Waals surface area contributed by atoms with E-state index in [9.17, 15) is 15.0 Å². The first kappa shape index (κ1) is 21.0. The van der Waals surface area contributed by atoms with Gasteiger partial charge in [0.2, 0.25) is 0 Å². The predicted molar refractivity (Wildman–Crippen MR) is 120 cm³/mol. The molecule has 4 rings (SSSR count). The van der Waals surface area contributed by atoms with Crippen molar-refractivity contribution in [2.24, 2.45) is 0 Å². The summed E-state index contributed by atoms with van der Waals surface area (Å²) in [5, 5.41) is 19.3. The highest BCUT2D eigenvalue weighted by atomic mass is 16.6. The summed E-state index contributed by atoms with van der Waals surface area (Å²) in [6, 6.07) is 23.4. The van der Waals surface area contributed by atoms with Crippen molar-refractivity contribution in [3.8, 4) is 0 Å². The molecule has 4 heteroatoms. The van der Waals surface area contributed by atoms with E-state index in [1.54, 1.807) is 19.1 Å². The second kappa shape index (κ2) is 8.50. The summed E-state index contributed by atoms with van der Waals surface area (Å²) in [7, 11) is 0. The molecule has 0 saturated carbocycles. The van der Waals surface area contributed by atoms with Gasteiger partial charge in [0, 0.05) is 22.3 Å². The molecule has 3 aromatic carbocycles. The lowest BCUT2D eigenvalue weighted by molar-refractivity contribution is -0.148. The van der Waals surface area contributed by atoms with Crippen molar-refractivity contribution in [3.05, 3.63) is 118 Å². The zero-order valence-electron chi connectivity index (χ0n) is 17.5. The molecule has 0 heterocycles. The van der Waals surface area contributed by atoms with Crippen LogP contribution in [0.2, 0.25) is 0 Å². The summed E-state index contributed by atoms with van der Waals surface area (Å²) in [5.41, 5.74) is 4.63. The van der Waals surface area contributed by atoms with Crippen LogP contribution < -0.4 is 0 Å². The molecule has 0 bridgehead atoms. The molecule has 0 radical (unpaired) electrons. The maximum absolute atomic E-state index is 12.9. The third kappa shape index (κ3) is 3.69. The van der Waals surface area contributed by atoms with Gasteiger partial charge in [0.25, 0.3) is 0 Å². The number of carbonyl (C=O) groups excluding carboxylic acids is 1. The second-order valence-corrected chi connectivity index (χ2v) is 7.99. The molecule has 0 aliphatic heterocycles. The Morgan fingerprint density at radius 3 is 1.97 bits per heavy atom. The molecule has 1 aliphatic carbocycles. The number of fused-ring (bicyclic) bond motifs is 2. The fourth-order valence-electron chi connectivity index (χ4n) is 4.33. The Morgan fingerprint density at radius 1 is 0.968 bits per heavy atom. The average molecular weight is 415 g/mol. The van der Waals surface area contributed by atoms with Gasteiger partial charge >= 0.3 is 5.97 Å². The third-order valence-electron chi connectivity index (χ3n) is 5.93. The molecule has 2 N–H and O–H groups in total. The standard InChI is InChI=1S/C27H26O4/c1-18(2)26(30)31-27(22-15-13-21(14-16-22)25(29)17-28)23-9-5-3-7-19(23)11-12-20-8-4-6-10-24(20)27/h3-10,13-16,25,28-29H,1,11-12,17H2,2H3. The number of ether oxygens (including phenoxy) is 1.